The predicted octanol–water partition coefficient (Wildman–Crippen LogP) is -14.3. The molecule has 0 spiro atoms. The Morgan fingerprint density at radius 1 is 0.390 bits per heavy atom. The monoisotopic (exact) mass is 1200 g/mol. The van der Waals surface area contributed by atoms with Crippen LogP contribution in [0.4, 0.5) is 0 Å². The molecule has 0 saturated carbocycles. The van der Waals surface area contributed by atoms with Gasteiger partial charge in [0.1, 0.15) is 159 Å². The van der Waals surface area contributed by atoms with Gasteiger partial charge in [-0.05, 0) is 13.8 Å². The Morgan fingerprint density at radius 3 is 1.29 bits per heavy atom. The predicted molar refractivity (Wildman–Crippen MR) is 254 cm³/mol. The molecule has 0 aromatic carbocycles. The molecule has 34 atom stereocenters. The summed E-state index contributed by atoms with van der Waals surface area (Å²) in [6.07, 6.45) is -64.2. The molecule has 0 aliphatic carbocycles. The van der Waals surface area contributed by atoms with E-state index in [1.165, 1.54) is 13.8 Å². The first kappa shape index (κ1) is 68.8. The molecule has 22 N–H and O–H groups in total. The van der Waals surface area contributed by atoms with Crippen molar-refractivity contribution < 1.29 is 169 Å². The maximum Gasteiger partial charge on any atom is 0.217 e. The summed E-state index contributed by atoms with van der Waals surface area (Å²) in [6, 6.07) is -3.78. The second-order valence-corrected chi connectivity index (χ2v) is 20.8. The second kappa shape index (κ2) is 30.0. The standard InChI is InChI=1S/C46H80N2O34/c1-11-23(59)30(66)32(68)43(71-11)78-36-20(10-54)76-42(80-38-27(63)18(8-52)74-45(34(38)70)77-35(16(58)6-50)25(61)15(57)5-49)22(48-14(4)56)37(36)79-46-40(82-44-33(69)31(67)24(60)12(2)72-44)39(28(64)19(9-53)75-46)81-41-21(47-13(3)55)29(65)26(62)17(7-51)73-41/h11-12,15-46,49-54,57-70H,5-10H2,1-4H3,(H,47,55)(H,48,56)/t11-,12-,15-,16+,17+,18+,19+,20+,21+,22+,23+,24+,25+,26-,27-,28-,29+,30+,31+,32-,33-,34+,35+,36+,37+,38-,39-,40+,41+,42-,43-,44-,45-,46-/m0/s1. The molecule has 478 valence electrons. The summed E-state index contributed by atoms with van der Waals surface area (Å²) in [5.74, 6) is -1.82. The molecule has 6 heterocycles. The molecule has 6 aliphatic heterocycles. The lowest BCUT2D eigenvalue weighted by atomic mass is 9.93. The van der Waals surface area contributed by atoms with E-state index in [2.05, 4.69) is 10.6 Å². The molecule has 0 bridgehead atoms. The van der Waals surface area contributed by atoms with Gasteiger partial charge in [-0.25, -0.2) is 0 Å². The van der Waals surface area contributed by atoms with Crippen molar-refractivity contribution in [3.05, 3.63) is 0 Å². The number of aliphatic hydroxyl groups excluding tert-OH is 20. The van der Waals surface area contributed by atoms with Gasteiger partial charge < -0.3 is 170 Å². The van der Waals surface area contributed by atoms with Crippen molar-refractivity contribution in [1.29, 1.82) is 0 Å². The second-order valence-electron chi connectivity index (χ2n) is 20.8. The van der Waals surface area contributed by atoms with Crippen LogP contribution in [-0.2, 0) is 66.4 Å². The van der Waals surface area contributed by atoms with E-state index in [4.69, 9.17) is 56.8 Å². The highest BCUT2D eigenvalue weighted by molar-refractivity contribution is 5.73. The van der Waals surface area contributed by atoms with Crippen molar-refractivity contribution in [2.75, 3.05) is 39.6 Å². The normalized spacial score (nSPS) is 47.2. The molecular weight excluding hydrogens is 1120 g/mol. The van der Waals surface area contributed by atoms with Crippen molar-refractivity contribution >= 4 is 11.8 Å². The first-order valence-corrected chi connectivity index (χ1v) is 26.3. The molecule has 82 heavy (non-hydrogen) atoms. The minimum Gasteiger partial charge on any atom is -0.394 e. The van der Waals surface area contributed by atoms with Crippen LogP contribution in [0, 0.1) is 0 Å². The Morgan fingerprint density at radius 2 is 0.793 bits per heavy atom. The lowest BCUT2D eigenvalue weighted by molar-refractivity contribution is -0.408. The molecule has 6 rings (SSSR count). The summed E-state index contributed by atoms with van der Waals surface area (Å²) in [5.41, 5.74) is 0. The lowest BCUT2D eigenvalue weighted by Crippen LogP contribution is -2.72. The van der Waals surface area contributed by atoms with Crippen LogP contribution >= 0.6 is 0 Å². The van der Waals surface area contributed by atoms with Gasteiger partial charge in [-0.1, -0.05) is 0 Å². The van der Waals surface area contributed by atoms with Gasteiger partial charge in [-0.3, -0.25) is 9.59 Å². The van der Waals surface area contributed by atoms with Crippen LogP contribution in [0.25, 0.3) is 0 Å². The Hall–Kier alpha value is -2.34. The molecule has 6 fully saturated rings. The van der Waals surface area contributed by atoms with Gasteiger partial charge >= 0.3 is 0 Å². The average Bonchev–Trinajstić information content (AvgIpc) is 2.38. The summed E-state index contributed by atoms with van der Waals surface area (Å²) in [5, 5.41) is 221. The van der Waals surface area contributed by atoms with Gasteiger partial charge in [0.05, 0.1) is 51.8 Å². The Labute approximate surface area is 466 Å². The lowest BCUT2D eigenvalue weighted by Gasteiger charge is -2.53. The molecule has 6 saturated heterocycles. The molecule has 36 nitrogen and oxygen atoms in total. The maximum atomic E-state index is 13.4. The Balaban J connectivity index is 1.49. The first-order chi connectivity index (χ1) is 38.7. The minimum atomic E-state index is -2.34. The number of amides is 2. The smallest absolute Gasteiger partial charge is 0.217 e. The van der Waals surface area contributed by atoms with Gasteiger partial charge in [0.25, 0.3) is 0 Å². The topological polar surface area (TPSA) is 574 Å². The Kier molecular flexibility index (Phi) is 25.2. The minimum absolute atomic E-state index is 0.837. The van der Waals surface area contributed by atoms with Crippen molar-refractivity contribution in [1.82, 2.24) is 10.6 Å². The van der Waals surface area contributed by atoms with E-state index in [0.29, 0.717) is 0 Å². The van der Waals surface area contributed by atoms with E-state index in [9.17, 15) is 112 Å². The van der Waals surface area contributed by atoms with Crippen LogP contribution in [0.1, 0.15) is 27.7 Å². The quantitative estimate of drug-likeness (QED) is 0.0452. The summed E-state index contributed by atoms with van der Waals surface area (Å²) in [4.78, 5) is 25.9. The van der Waals surface area contributed by atoms with E-state index in [1.54, 1.807) is 0 Å². The van der Waals surface area contributed by atoms with Crippen molar-refractivity contribution in [3.8, 4) is 0 Å². The average molecular weight is 1210 g/mol. The number of carbonyl (C=O) groups excluding carboxylic acids is 2. The highest BCUT2D eigenvalue weighted by atomic mass is 16.8. The van der Waals surface area contributed by atoms with E-state index in [0.717, 1.165) is 13.8 Å². The van der Waals surface area contributed by atoms with Crippen molar-refractivity contribution in [2.45, 2.75) is 236 Å². The van der Waals surface area contributed by atoms with E-state index in [-0.39, 0.29) is 0 Å². The van der Waals surface area contributed by atoms with Gasteiger partial charge in [0.15, 0.2) is 37.7 Å². The third kappa shape index (κ3) is 15.1. The fourth-order valence-electron chi connectivity index (χ4n) is 10.3. The zero-order valence-electron chi connectivity index (χ0n) is 44.5. The number of carbonyl (C=O) groups is 2. The van der Waals surface area contributed by atoms with E-state index >= 15 is 0 Å². The zero-order chi connectivity index (χ0) is 60.9. The summed E-state index contributed by atoms with van der Waals surface area (Å²) < 4.78 is 72.0. The highest BCUT2D eigenvalue weighted by Gasteiger charge is 2.60. The largest absolute Gasteiger partial charge is 0.394 e. The van der Waals surface area contributed by atoms with Crippen LogP contribution in [-0.4, -0.2) is 362 Å². The first-order valence-electron chi connectivity index (χ1n) is 26.3. The van der Waals surface area contributed by atoms with Crippen molar-refractivity contribution in [2.24, 2.45) is 0 Å². The molecule has 2 amide bonds. The van der Waals surface area contributed by atoms with Crippen LogP contribution in [0.15, 0.2) is 0 Å². The van der Waals surface area contributed by atoms with Crippen LogP contribution in [0.5, 0.6) is 0 Å². The SMILES string of the molecule is CC(=O)N[C@H]1[C@@H](O[C@H]2[C@@H](O)[C@@H](CO)O[C@@H](O[C@@H]3[C@@H](NC(C)=O)[C@H](O[C@H]4[C@@H](O)[C@@H](CO)O[C@@H](O[C@@H]([C@H](O)[C@@H](O)CO)[C@H](O)CO)[C@@H]4O)O[C@H](CO)[C@H]3O[C@@H]3O[C@@H](C)[C@@H](O)[C@@H](O)[C@@H]3O)[C@@H]2O[C@@H]2O[C@@H](C)[C@@H](O)[C@@H](O)[C@@H]2O)O[C@H](CO)[C@H](O)[C@@H]1O. The molecule has 6 aliphatic rings. The van der Waals surface area contributed by atoms with Gasteiger partial charge in [0.2, 0.25) is 11.8 Å². The number of nitrogens with one attached hydrogen (secondary N) is 2. The molecule has 0 aromatic rings. The van der Waals surface area contributed by atoms with Gasteiger partial charge in [0, 0.05) is 13.8 Å². The molecule has 0 radical (unpaired) electrons. The zero-order valence-corrected chi connectivity index (χ0v) is 44.5. The third-order valence-electron chi connectivity index (χ3n) is 14.9. The van der Waals surface area contributed by atoms with Crippen LogP contribution < -0.4 is 10.6 Å². The fourth-order valence-corrected chi connectivity index (χ4v) is 10.3. The number of hydrogen-bond acceptors (Lipinski definition) is 34. The maximum absolute atomic E-state index is 13.4. The number of hydrogen-bond donors (Lipinski definition) is 22. The molecule has 0 aromatic heterocycles. The summed E-state index contributed by atoms with van der Waals surface area (Å²) in [6.45, 7) is -2.21. The van der Waals surface area contributed by atoms with Crippen LogP contribution in [0.3, 0.4) is 0 Å². The van der Waals surface area contributed by atoms with Gasteiger partial charge in [-0.15, -0.1) is 0 Å². The fraction of sp³-hybridized carbons (Fsp3) is 0.957. The molecule has 36 heteroatoms. The van der Waals surface area contributed by atoms with Crippen LogP contribution in [0.2, 0.25) is 0 Å². The summed E-state index contributed by atoms with van der Waals surface area (Å²) >= 11 is 0. The Bertz CT molecular complexity index is 1980. The van der Waals surface area contributed by atoms with E-state index < -0.39 is 260 Å². The van der Waals surface area contributed by atoms with Crippen molar-refractivity contribution in [3.63, 3.8) is 0 Å². The third-order valence-corrected chi connectivity index (χ3v) is 14.9. The van der Waals surface area contributed by atoms with Gasteiger partial charge in [-0.2, -0.15) is 0 Å². The molecular formula is C46H80N2O34. The van der Waals surface area contributed by atoms with E-state index in [1.807, 2.05) is 0 Å². The number of aliphatic hydroxyl groups is 20. The summed E-state index contributed by atoms with van der Waals surface area (Å²) in [7, 11) is 0. The number of rotatable bonds is 23. The molecule has 0 unspecified atom stereocenters. The highest BCUT2D eigenvalue weighted by Crippen LogP contribution is 2.39. The number of ether oxygens (including phenoxy) is 12.